The topological polar surface area (TPSA) is 9.23 Å². The zero-order valence-corrected chi connectivity index (χ0v) is 8.00. The van der Waals surface area contributed by atoms with Gasteiger partial charge in [0.15, 0.2) is 0 Å². The van der Waals surface area contributed by atoms with E-state index < -0.39 is 0 Å². The highest BCUT2D eigenvalue weighted by Gasteiger charge is 2.08. The van der Waals surface area contributed by atoms with Crippen molar-refractivity contribution in [3.05, 3.63) is 35.9 Å². The summed E-state index contributed by atoms with van der Waals surface area (Å²) >= 11 is 5.49. The Hall–Kier alpha value is -0.970. The van der Waals surface area contributed by atoms with Gasteiger partial charge in [-0.2, -0.15) is 0 Å². The van der Waals surface area contributed by atoms with Crippen molar-refractivity contribution < 1.29 is 4.74 Å². The Morgan fingerprint density at radius 1 is 1.38 bits per heavy atom. The third-order valence-electron chi connectivity index (χ3n) is 1.74. The van der Waals surface area contributed by atoms with E-state index in [0.717, 1.165) is 5.56 Å². The Bertz CT molecular complexity index is 276. The van der Waals surface area contributed by atoms with Crippen LogP contribution in [0.3, 0.4) is 0 Å². The molecular formula is C11H11ClO. The molecule has 13 heavy (non-hydrogen) atoms. The first-order valence-corrected chi connectivity index (χ1v) is 4.58. The second kappa shape index (κ2) is 5.64. The molecule has 0 amide bonds. The second-order valence-electron chi connectivity index (χ2n) is 2.58. The molecule has 0 aliphatic rings. The largest absolute Gasteiger partial charge is 0.357 e. The number of terminal acetylenes is 1. The number of halogens is 1. The van der Waals surface area contributed by atoms with Crippen LogP contribution in [0.25, 0.3) is 0 Å². The van der Waals surface area contributed by atoms with E-state index in [1.54, 1.807) is 0 Å². The van der Waals surface area contributed by atoms with E-state index in [2.05, 4.69) is 5.92 Å². The van der Waals surface area contributed by atoms with Crippen LogP contribution in [0.2, 0.25) is 0 Å². The molecule has 1 aromatic rings. The molecule has 0 fully saturated rings. The lowest BCUT2D eigenvalue weighted by Crippen LogP contribution is -2.01. The van der Waals surface area contributed by atoms with Gasteiger partial charge in [0.05, 0.1) is 6.10 Å². The lowest BCUT2D eigenvalue weighted by Gasteiger charge is -2.13. The van der Waals surface area contributed by atoms with Crippen LogP contribution in [-0.4, -0.2) is 6.07 Å². The van der Waals surface area contributed by atoms with Crippen molar-refractivity contribution in [3.63, 3.8) is 0 Å². The van der Waals surface area contributed by atoms with Crippen LogP contribution in [0, 0.1) is 12.3 Å². The van der Waals surface area contributed by atoms with Gasteiger partial charge in [-0.3, -0.25) is 0 Å². The number of benzene rings is 1. The molecule has 0 saturated heterocycles. The van der Waals surface area contributed by atoms with Gasteiger partial charge < -0.3 is 4.74 Å². The molecular weight excluding hydrogens is 184 g/mol. The van der Waals surface area contributed by atoms with Crippen LogP contribution in [-0.2, 0) is 4.74 Å². The van der Waals surface area contributed by atoms with E-state index >= 15 is 0 Å². The fourth-order valence-corrected chi connectivity index (χ4v) is 1.28. The van der Waals surface area contributed by atoms with Crippen LogP contribution >= 0.6 is 11.6 Å². The zero-order valence-electron chi connectivity index (χ0n) is 7.24. The second-order valence-corrected chi connectivity index (χ2v) is 2.80. The summed E-state index contributed by atoms with van der Waals surface area (Å²) in [5.41, 5.74) is 1.07. The Morgan fingerprint density at radius 3 is 2.62 bits per heavy atom. The number of hydrogen-bond donors (Lipinski definition) is 0. The number of ether oxygens (including phenoxy) is 1. The molecule has 0 aliphatic carbocycles. The monoisotopic (exact) mass is 194 g/mol. The highest BCUT2D eigenvalue weighted by Crippen LogP contribution is 2.20. The van der Waals surface area contributed by atoms with Gasteiger partial charge >= 0.3 is 0 Å². The number of rotatable bonds is 4. The maximum atomic E-state index is 5.49. The van der Waals surface area contributed by atoms with E-state index in [0.29, 0.717) is 6.42 Å². The molecule has 0 aromatic heterocycles. The van der Waals surface area contributed by atoms with Crippen LogP contribution in [0.4, 0.5) is 0 Å². The summed E-state index contributed by atoms with van der Waals surface area (Å²) in [4.78, 5) is 0. The van der Waals surface area contributed by atoms with Gasteiger partial charge in [-0.15, -0.1) is 12.3 Å². The highest BCUT2D eigenvalue weighted by atomic mass is 35.5. The Labute approximate surface area is 83.7 Å². The fraction of sp³-hybridized carbons (Fsp3) is 0.273. The molecule has 0 saturated carbocycles. The average molecular weight is 195 g/mol. The van der Waals surface area contributed by atoms with Gasteiger partial charge in [-0.1, -0.05) is 41.9 Å². The van der Waals surface area contributed by atoms with E-state index in [9.17, 15) is 0 Å². The van der Waals surface area contributed by atoms with Gasteiger partial charge in [-0.05, 0) is 5.56 Å². The molecule has 0 spiro atoms. The minimum atomic E-state index is -0.0799. The Balaban J connectivity index is 2.71. The van der Waals surface area contributed by atoms with Crippen molar-refractivity contribution >= 4 is 11.6 Å². The summed E-state index contributed by atoms with van der Waals surface area (Å²) in [5, 5.41) is 0. The van der Waals surface area contributed by atoms with Gasteiger partial charge in [0.2, 0.25) is 0 Å². The first-order chi connectivity index (χ1) is 6.38. The lowest BCUT2D eigenvalue weighted by molar-refractivity contribution is 0.0916. The third-order valence-corrected chi connectivity index (χ3v) is 1.86. The van der Waals surface area contributed by atoms with E-state index in [4.69, 9.17) is 22.8 Å². The normalized spacial score (nSPS) is 12.0. The van der Waals surface area contributed by atoms with Crippen LogP contribution in [0.5, 0.6) is 0 Å². The van der Waals surface area contributed by atoms with Crippen molar-refractivity contribution in [1.29, 1.82) is 0 Å². The van der Waals surface area contributed by atoms with E-state index in [1.165, 1.54) is 0 Å². The van der Waals surface area contributed by atoms with Crippen molar-refractivity contribution in [3.8, 4) is 12.3 Å². The molecule has 0 aliphatic heterocycles. The Kier molecular flexibility index (Phi) is 4.39. The molecule has 1 aromatic carbocycles. The average Bonchev–Trinajstić information content (AvgIpc) is 2.19. The summed E-state index contributed by atoms with van der Waals surface area (Å²) in [6.07, 6.45) is 5.70. The van der Waals surface area contributed by atoms with E-state index in [1.807, 2.05) is 30.3 Å². The third kappa shape index (κ3) is 3.10. The SMILES string of the molecule is C#CCC(OCCl)c1ccccc1. The summed E-state index contributed by atoms with van der Waals surface area (Å²) < 4.78 is 5.29. The predicted octanol–water partition coefficient (Wildman–Crippen LogP) is 2.96. The predicted molar refractivity (Wildman–Crippen MR) is 54.4 cm³/mol. The first kappa shape index (κ1) is 10.1. The van der Waals surface area contributed by atoms with Gasteiger partial charge in [0, 0.05) is 6.42 Å². The number of alkyl halides is 1. The molecule has 2 heteroatoms. The molecule has 0 radical (unpaired) electrons. The minimum Gasteiger partial charge on any atom is -0.357 e. The Morgan fingerprint density at radius 2 is 2.08 bits per heavy atom. The summed E-state index contributed by atoms with van der Waals surface area (Å²) in [6.45, 7) is 0. The van der Waals surface area contributed by atoms with Crippen LogP contribution < -0.4 is 0 Å². The minimum absolute atomic E-state index is 0.0799. The molecule has 1 rings (SSSR count). The molecule has 0 bridgehead atoms. The molecule has 68 valence electrons. The quantitative estimate of drug-likeness (QED) is 0.529. The summed E-state index contributed by atoms with van der Waals surface area (Å²) in [5.74, 6) is 2.57. The molecule has 1 nitrogen and oxygen atoms in total. The lowest BCUT2D eigenvalue weighted by atomic mass is 10.1. The molecule has 0 N–H and O–H groups in total. The standard InChI is InChI=1S/C11H11ClO/c1-2-6-11(13-9-12)10-7-4-3-5-8-10/h1,3-5,7-8,11H,6,9H2. The van der Waals surface area contributed by atoms with Crippen molar-refractivity contribution in [2.75, 3.05) is 6.07 Å². The van der Waals surface area contributed by atoms with Crippen LogP contribution in [0.1, 0.15) is 18.1 Å². The van der Waals surface area contributed by atoms with Gasteiger partial charge in [0.1, 0.15) is 6.07 Å². The maximum Gasteiger partial charge on any atom is 0.121 e. The first-order valence-electron chi connectivity index (χ1n) is 4.04. The van der Waals surface area contributed by atoms with E-state index in [-0.39, 0.29) is 12.2 Å². The highest BCUT2D eigenvalue weighted by molar-refractivity contribution is 6.17. The van der Waals surface area contributed by atoms with Gasteiger partial charge in [-0.25, -0.2) is 0 Å². The fourth-order valence-electron chi connectivity index (χ4n) is 1.12. The molecule has 1 unspecified atom stereocenters. The summed E-state index contributed by atoms with van der Waals surface area (Å²) in [7, 11) is 0. The smallest absolute Gasteiger partial charge is 0.121 e. The zero-order chi connectivity index (χ0) is 9.52. The van der Waals surface area contributed by atoms with Crippen molar-refractivity contribution in [1.82, 2.24) is 0 Å². The summed E-state index contributed by atoms with van der Waals surface area (Å²) in [6, 6.07) is 9.99. The van der Waals surface area contributed by atoms with Crippen LogP contribution in [0.15, 0.2) is 30.3 Å². The molecule has 0 heterocycles. The van der Waals surface area contributed by atoms with Crippen molar-refractivity contribution in [2.24, 2.45) is 0 Å². The van der Waals surface area contributed by atoms with Crippen molar-refractivity contribution in [2.45, 2.75) is 12.5 Å². The maximum absolute atomic E-state index is 5.49. The number of hydrogen-bond acceptors (Lipinski definition) is 1. The molecule has 1 atom stereocenters. The van der Waals surface area contributed by atoms with Gasteiger partial charge in [0.25, 0.3) is 0 Å².